The monoisotopic (exact) mass is 337 g/mol. The number of nitrogen functional groups attached to an aromatic ring is 1. The number of halogens is 3. The topological polar surface area (TPSA) is 75.9 Å². The highest BCUT2D eigenvalue weighted by molar-refractivity contribution is 8.00. The van der Waals surface area contributed by atoms with Crippen LogP contribution in [0.5, 0.6) is 0 Å². The van der Waals surface area contributed by atoms with Gasteiger partial charge in [0.05, 0.1) is 5.39 Å². The molecule has 4 N–H and O–H groups in total. The van der Waals surface area contributed by atoms with E-state index in [1.165, 1.54) is 11.3 Å². The smallest absolute Gasteiger partial charge is 0.369 e. The number of nitrogens with two attached hydrogens (primary N) is 1. The van der Waals surface area contributed by atoms with Crippen molar-refractivity contribution in [3.63, 3.8) is 0 Å². The van der Waals surface area contributed by atoms with Gasteiger partial charge in [0, 0.05) is 17.2 Å². The van der Waals surface area contributed by atoms with Crippen molar-refractivity contribution in [2.45, 2.75) is 18.9 Å². The molecule has 0 bridgehead atoms. The number of aryl methyl sites for hydroxylation is 1. The molecule has 0 aliphatic carbocycles. The van der Waals surface area contributed by atoms with Crippen LogP contribution in [0.2, 0.25) is 0 Å². The number of hydrogen-bond acceptors (Lipinski definition) is 7. The average molecular weight is 337 g/mol. The van der Waals surface area contributed by atoms with Crippen LogP contribution in [0.25, 0.3) is 10.2 Å². The minimum atomic E-state index is -4.22. The van der Waals surface area contributed by atoms with Crippen LogP contribution in [-0.4, -0.2) is 27.8 Å². The Morgan fingerprint density at radius 3 is 2.76 bits per heavy atom. The highest BCUT2D eigenvalue weighted by atomic mass is 32.2. The first-order valence-electron chi connectivity index (χ1n) is 6.14. The van der Waals surface area contributed by atoms with Gasteiger partial charge in [-0.2, -0.15) is 18.2 Å². The lowest BCUT2D eigenvalue weighted by molar-refractivity contribution is -0.0327. The molecule has 0 aromatic carbocycles. The minimum absolute atomic E-state index is 0.0657. The largest absolute Gasteiger partial charge is 0.441 e. The number of alkyl halides is 3. The van der Waals surface area contributed by atoms with Crippen molar-refractivity contribution >= 4 is 45.1 Å². The molecule has 0 amide bonds. The van der Waals surface area contributed by atoms with Crippen molar-refractivity contribution in [2.24, 2.45) is 5.84 Å². The fourth-order valence-corrected chi connectivity index (χ4v) is 3.08. The minimum Gasteiger partial charge on any atom is -0.369 e. The second kappa shape index (κ2) is 6.67. The molecule has 0 radical (unpaired) electrons. The number of nitrogens with one attached hydrogen (secondary N) is 2. The van der Waals surface area contributed by atoms with Gasteiger partial charge in [-0.1, -0.05) is 6.92 Å². The van der Waals surface area contributed by atoms with Gasteiger partial charge in [0.25, 0.3) is 0 Å². The number of hydrazine groups is 1. The molecule has 116 valence electrons. The Kier molecular flexibility index (Phi) is 5.12. The van der Waals surface area contributed by atoms with Gasteiger partial charge in [-0.3, -0.25) is 5.43 Å². The average Bonchev–Trinajstić information content (AvgIpc) is 2.85. The van der Waals surface area contributed by atoms with Gasteiger partial charge in [-0.25, -0.2) is 10.8 Å². The zero-order valence-electron chi connectivity index (χ0n) is 11.1. The molecule has 2 rings (SSSR count). The van der Waals surface area contributed by atoms with Crippen molar-refractivity contribution in [2.75, 3.05) is 23.0 Å². The third kappa shape index (κ3) is 4.35. The molecule has 0 aliphatic heterocycles. The van der Waals surface area contributed by atoms with E-state index in [2.05, 4.69) is 20.7 Å². The zero-order chi connectivity index (χ0) is 15.5. The number of thiophene rings is 1. The van der Waals surface area contributed by atoms with Crippen molar-refractivity contribution < 1.29 is 13.2 Å². The first kappa shape index (κ1) is 16.1. The van der Waals surface area contributed by atoms with E-state index in [4.69, 9.17) is 5.84 Å². The first-order chi connectivity index (χ1) is 9.93. The lowest BCUT2D eigenvalue weighted by Crippen LogP contribution is -2.14. The maximum atomic E-state index is 12.1. The maximum absolute atomic E-state index is 12.1. The van der Waals surface area contributed by atoms with E-state index >= 15 is 0 Å². The summed E-state index contributed by atoms with van der Waals surface area (Å²) >= 11 is 1.45. The molecule has 0 saturated carbocycles. The van der Waals surface area contributed by atoms with Crippen LogP contribution in [0.4, 0.5) is 24.9 Å². The molecule has 0 atom stereocenters. The van der Waals surface area contributed by atoms with E-state index in [-0.39, 0.29) is 30.0 Å². The zero-order valence-corrected chi connectivity index (χ0v) is 12.8. The van der Waals surface area contributed by atoms with Crippen LogP contribution in [0.15, 0.2) is 6.07 Å². The molecule has 21 heavy (non-hydrogen) atoms. The molecule has 0 fully saturated rings. The third-order valence-electron chi connectivity index (χ3n) is 2.58. The van der Waals surface area contributed by atoms with Gasteiger partial charge in [-0.15, -0.1) is 11.3 Å². The fourth-order valence-electron chi connectivity index (χ4n) is 1.68. The highest BCUT2D eigenvalue weighted by Gasteiger charge is 2.27. The Bertz CT molecular complexity index is 614. The van der Waals surface area contributed by atoms with Crippen LogP contribution in [0.3, 0.4) is 0 Å². The number of fused-ring (bicyclic) bond motifs is 1. The van der Waals surface area contributed by atoms with E-state index in [1.807, 2.05) is 13.0 Å². The molecule has 10 heteroatoms. The molecular formula is C11H14F3N5S2. The normalized spacial score (nSPS) is 11.9. The van der Waals surface area contributed by atoms with E-state index in [1.54, 1.807) is 0 Å². The van der Waals surface area contributed by atoms with Gasteiger partial charge < -0.3 is 5.32 Å². The predicted molar refractivity (Wildman–Crippen MR) is 81.6 cm³/mol. The Morgan fingerprint density at radius 1 is 1.38 bits per heavy atom. The molecule has 0 saturated heterocycles. The summed E-state index contributed by atoms with van der Waals surface area (Å²) in [6, 6.07) is 1.94. The van der Waals surface area contributed by atoms with Crippen LogP contribution >= 0.6 is 23.1 Å². The highest BCUT2D eigenvalue weighted by Crippen LogP contribution is 2.31. The molecular weight excluding hydrogens is 323 g/mol. The Hall–Kier alpha value is -1.26. The van der Waals surface area contributed by atoms with E-state index in [0.29, 0.717) is 5.82 Å². The molecule has 0 spiro atoms. The van der Waals surface area contributed by atoms with Gasteiger partial charge in [0.15, 0.2) is 0 Å². The van der Waals surface area contributed by atoms with Crippen molar-refractivity contribution in [3.8, 4) is 0 Å². The number of aromatic nitrogens is 2. The van der Waals surface area contributed by atoms with E-state index in [9.17, 15) is 13.2 Å². The summed E-state index contributed by atoms with van der Waals surface area (Å²) in [5, 5.41) is 3.71. The summed E-state index contributed by atoms with van der Waals surface area (Å²) in [5.41, 5.74) is -1.86. The maximum Gasteiger partial charge on any atom is 0.441 e. The molecule has 0 unspecified atom stereocenters. The number of nitrogens with zero attached hydrogens (tertiary/aromatic N) is 2. The Morgan fingerprint density at radius 2 is 2.14 bits per heavy atom. The van der Waals surface area contributed by atoms with Crippen LogP contribution in [-0.2, 0) is 6.42 Å². The van der Waals surface area contributed by atoms with Gasteiger partial charge in [-0.05, 0) is 24.2 Å². The Balaban J connectivity index is 2.15. The van der Waals surface area contributed by atoms with Gasteiger partial charge in [0.2, 0.25) is 5.95 Å². The summed E-state index contributed by atoms with van der Waals surface area (Å²) in [7, 11) is 0. The predicted octanol–water partition coefficient (Wildman–Crippen LogP) is 3.20. The van der Waals surface area contributed by atoms with Crippen molar-refractivity contribution in [1.29, 1.82) is 0 Å². The van der Waals surface area contributed by atoms with Crippen LogP contribution < -0.4 is 16.6 Å². The Labute approximate surface area is 127 Å². The lowest BCUT2D eigenvalue weighted by Gasteiger charge is -2.09. The standard InChI is InChI=1S/C11H14F3N5S2/c1-2-6-5-7-8(16-3-4-20-11(12,13)14)17-10(19-15)18-9(7)21-6/h5H,2-4,15H2,1H3,(H2,16,17,18,19). The lowest BCUT2D eigenvalue weighted by atomic mass is 10.3. The molecule has 2 aromatic rings. The summed E-state index contributed by atoms with van der Waals surface area (Å²) in [6.07, 6.45) is 0.857. The molecule has 5 nitrogen and oxygen atoms in total. The summed E-state index contributed by atoms with van der Waals surface area (Å²) in [4.78, 5) is 10.3. The number of rotatable bonds is 6. The third-order valence-corrected chi connectivity index (χ3v) is 4.49. The quantitative estimate of drug-likeness (QED) is 0.427. The molecule has 0 aliphatic rings. The van der Waals surface area contributed by atoms with Gasteiger partial charge in [0.1, 0.15) is 10.6 Å². The summed E-state index contributed by atoms with van der Waals surface area (Å²) in [6.45, 7) is 2.17. The first-order valence-corrected chi connectivity index (χ1v) is 7.94. The summed E-state index contributed by atoms with van der Waals surface area (Å²) < 4.78 is 36.3. The summed E-state index contributed by atoms with van der Waals surface area (Å²) in [5.74, 6) is 5.94. The second-order valence-corrected chi connectivity index (χ2v) is 6.32. The number of hydrogen-bond donors (Lipinski definition) is 3. The van der Waals surface area contributed by atoms with Crippen molar-refractivity contribution in [3.05, 3.63) is 10.9 Å². The van der Waals surface area contributed by atoms with Gasteiger partial charge >= 0.3 is 5.51 Å². The van der Waals surface area contributed by atoms with Crippen LogP contribution in [0, 0.1) is 0 Å². The number of anilines is 2. The second-order valence-electron chi connectivity index (χ2n) is 4.05. The SMILES string of the molecule is CCc1cc2c(NCCSC(F)(F)F)nc(NN)nc2s1. The molecule has 2 heterocycles. The fraction of sp³-hybridized carbons (Fsp3) is 0.455. The van der Waals surface area contributed by atoms with E-state index < -0.39 is 5.51 Å². The number of thioether (sulfide) groups is 1. The van der Waals surface area contributed by atoms with Crippen molar-refractivity contribution in [1.82, 2.24) is 9.97 Å². The molecule has 2 aromatic heterocycles. The van der Waals surface area contributed by atoms with Crippen LogP contribution in [0.1, 0.15) is 11.8 Å². The van der Waals surface area contributed by atoms with E-state index in [0.717, 1.165) is 21.5 Å².